The van der Waals surface area contributed by atoms with Crippen molar-refractivity contribution in [3.63, 3.8) is 0 Å². The molecule has 0 saturated carbocycles. The first-order chi connectivity index (χ1) is 14.0. The number of nitrogens with one attached hydrogen (secondary N) is 1. The maximum absolute atomic E-state index is 12.2. The van der Waals surface area contributed by atoms with Gasteiger partial charge in [-0.05, 0) is 28.3 Å². The number of aromatic hydroxyl groups is 2. The highest BCUT2D eigenvalue weighted by molar-refractivity contribution is 5.95. The van der Waals surface area contributed by atoms with Gasteiger partial charge in [0.05, 0.1) is 0 Å². The SMILES string of the molecule is O=C(Nc1cc(O)c(O)c(C(=O)O)c1)OCC1c2ccccc2-c2ccccc21. The van der Waals surface area contributed by atoms with Crippen molar-refractivity contribution in [2.24, 2.45) is 0 Å². The molecule has 0 bridgehead atoms. The van der Waals surface area contributed by atoms with Gasteiger partial charge in [0.1, 0.15) is 12.2 Å². The molecule has 7 nitrogen and oxygen atoms in total. The van der Waals surface area contributed by atoms with E-state index in [4.69, 9.17) is 9.84 Å². The fourth-order valence-electron chi connectivity index (χ4n) is 3.61. The number of fused-ring (bicyclic) bond motifs is 3. The Hall–Kier alpha value is -4.00. The van der Waals surface area contributed by atoms with Crippen molar-refractivity contribution in [1.29, 1.82) is 0 Å². The molecule has 3 aromatic rings. The van der Waals surface area contributed by atoms with E-state index >= 15 is 0 Å². The Kier molecular flexibility index (Phi) is 4.56. The minimum Gasteiger partial charge on any atom is -0.504 e. The average Bonchev–Trinajstić information content (AvgIpc) is 3.03. The van der Waals surface area contributed by atoms with E-state index in [0.29, 0.717) is 0 Å². The molecule has 0 spiro atoms. The standard InChI is InChI=1S/C22H17NO6/c24-19-10-12(9-17(20(19)25)21(26)27)23-22(28)29-11-18-15-7-3-1-5-13(15)14-6-2-4-8-16(14)18/h1-10,18,24-25H,11H2,(H,23,28)(H,26,27). The number of hydrogen-bond donors (Lipinski definition) is 4. The molecule has 4 rings (SSSR count). The zero-order valence-electron chi connectivity index (χ0n) is 15.1. The van der Waals surface area contributed by atoms with E-state index in [1.165, 1.54) is 0 Å². The summed E-state index contributed by atoms with van der Waals surface area (Å²) in [5, 5.41) is 30.7. The van der Waals surface area contributed by atoms with Gasteiger partial charge in [0.2, 0.25) is 0 Å². The molecule has 0 atom stereocenters. The third kappa shape index (κ3) is 3.34. The minimum absolute atomic E-state index is 0.00470. The number of ether oxygens (including phenoxy) is 1. The lowest BCUT2D eigenvalue weighted by molar-refractivity contribution is 0.0693. The van der Waals surface area contributed by atoms with Crippen LogP contribution in [0.2, 0.25) is 0 Å². The summed E-state index contributed by atoms with van der Waals surface area (Å²) in [6.07, 6.45) is -0.798. The summed E-state index contributed by atoms with van der Waals surface area (Å²) in [6, 6.07) is 17.9. The van der Waals surface area contributed by atoms with E-state index < -0.39 is 29.1 Å². The van der Waals surface area contributed by atoms with Gasteiger partial charge < -0.3 is 20.1 Å². The van der Waals surface area contributed by atoms with E-state index in [1.807, 2.05) is 48.5 Å². The number of benzene rings is 3. The van der Waals surface area contributed by atoms with Gasteiger partial charge in [-0.15, -0.1) is 0 Å². The molecule has 1 aliphatic carbocycles. The van der Waals surface area contributed by atoms with Crippen LogP contribution in [0.5, 0.6) is 11.5 Å². The summed E-state index contributed by atoms with van der Waals surface area (Å²) in [6.45, 7) is 0.0930. The van der Waals surface area contributed by atoms with Crippen LogP contribution in [0.15, 0.2) is 60.7 Å². The zero-order chi connectivity index (χ0) is 20.5. The molecule has 0 aromatic heterocycles. The molecule has 0 aliphatic heterocycles. The molecule has 3 aromatic carbocycles. The third-order valence-corrected chi connectivity index (χ3v) is 4.91. The molecule has 0 unspecified atom stereocenters. The van der Waals surface area contributed by atoms with Crippen molar-refractivity contribution in [3.8, 4) is 22.6 Å². The molecular weight excluding hydrogens is 374 g/mol. The summed E-state index contributed by atoms with van der Waals surface area (Å²) in [5.74, 6) is -2.97. The predicted octanol–water partition coefficient (Wildman–Crippen LogP) is 4.16. The van der Waals surface area contributed by atoms with Gasteiger partial charge in [-0.1, -0.05) is 48.5 Å². The molecule has 4 N–H and O–H groups in total. The minimum atomic E-state index is -1.44. The average molecular weight is 391 g/mol. The molecule has 0 heterocycles. The first-order valence-electron chi connectivity index (χ1n) is 8.87. The Morgan fingerprint density at radius 1 is 0.931 bits per heavy atom. The number of aromatic carboxylic acids is 1. The number of carbonyl (C=O) groups excluding carboxylic acids is 1. The van der Waals surface area contributed by atoms with Crippen LogP contribution in [-0.2, 0) is 4.74 Å². The molecular formula is C22H17NO6. The summed E-state index contributed by atoms with van der Waals surface area (Å²) in [5.41, 5.74) is 3.81. The van der Waals surface area contributed by atoms with E-state index in [-0.39, 0.29) is 18.2 Å². The molecule has 146 valence electrons. The molecule has 0 saturated heterocycles. The fraction of sp³-hybridized carbons (Fsp3) is 0.0909. The van der Waals surface area contributed by atoms with Crippen molar-refractivity contribution in [2.75, 3.05) is 11.9 Å². The fourth-order valence-corrected chi connectivity index (χ4v) is 3.61. The van der Waals surface area contributed by atoms with Crippen LogP contribution >= 0.6 is 0 Å². The smallest absolute Gasteiger partial charge is 0.411 e. The topological polar surface area (TPSA) is 116 Å². The summed E-state index contributed by atoms with van der Waals surface area (Å²) in [7, 11) is 0. The second-order valence-electron chi connectivity index (χ2n) is 6.65. The summed E-state index contributed by atoms with van der Waals surface area (Å²) >= 11 is 0. The van der Waals surface area contributed by atoms with Crippen LogP contribution in [0.4, 0.5) is 10.5 Å². The quantitative estimate of drug-likeness (QED) is 0.392. The van der Waals surface area contributed by atoms with Gasteiger partial charge in [0.15, 0.2) is 11.5 Å². The second-order valence-corrected chi connectivity index (χ2v) is 6.65. The Bertz CT molecular complexity index is 1080. The van der Waals surface area contributed by atoms with Gasteiger partial charge in [-0.25, -0.2) is 9.59 Å². The van der Waals surface area contributed by atoms with Crippen LogP contribution in [0.3, 0.4) is 0 Å². The maximum Gasteiger partial charge on any atom is 0.411 e. The molecule has 1 aliphatic rings. The van der Waals surface area contributed by atoms with Crippen molar-refractivity contribution in [2.45, 2.75) is 5.92 Å². The van der Waals surface area contributed by atoms with Crippen LogP contribution in [0.1, 0.15) is 27.4 Å². The highest BCUT2D eigenvalue weighted by atomic mass is 16.5. The van der Waals surface area contributed by atoms with Gasteiger partial charge >= 0.3 is 12.1 Å². The van der Waals surface area contributed by atoms with Crippen LogP contribution in [-0.4, -0.2) is 34.0 Å². The lowest BCUT2D eigenvalue weighted by Crippen LogP contribution is -2.18. The Morgan fingerprint density at radius 2 is 1.52 bits per heavy atom. The van der Waals surface area contributed by atoms with Crippen molar-refractivity contribution < 1.29 is 29.6 Å². The van der Waals surface area contributed by atoms with Crippen LogP contribution < -0.4 is 5.32 Å². The normalized spacial score (nSPS) is 12.1. The zero-order valence-corrected chi connectivity index (χ0v) is 15.1. The highest BCUT2D eigenvalue weighted by Crippen LogP contribution is 2.44. The maximum atomic E-state index is 12.2. The lowest BCUT2D eigenvalue weighted by atomic mass is 9.98. The van der Waals surface area contributed by atoms with E-state index in [2.05, 4.69) is 5.32 Å². The molecule has 7 heteroatoms. The number of rotatable bonds is 4. The number of phenolic OH excluding ortho intramolecular Hbond substituents is 1. The Morgan fingerprint density at radius 3 is 2.10 bits per heavy atom. The van der Waals surface area contributed by atoms with E-state index in [0.717, 1.165) is 34.4 Å². The molecule has 29 heavy (non-hydrogen) atoms. The van der Waals surface area contributed by atoms with E-state index in [9.17, 15) is 19.8 Å². The lowest BCUT2D eigenvalue weighted by Gasteiger charge is -2.15. The van der Waals surface area contributed by atoms with Crippen molar-refractivity contribution in [1.82, 2.24) is 0 Å². The summed E-state index contributed by atoms with van der Waals surface area (Å²) < 4.78 is 5.37. The molecule has 0 radical (unpaired) electrons. The highest BCUT2D eigenvalue weighted by Gasteiger charge is 2.29. The number of carboxylic acids is 1. The van der Waals surface area contributed by atoms with Gasteiger partial charge in [-0.2, -0.15) is 0 Å². The number of hydrogen-bond acceptors (Lipinski definition) is 5. The second kappa shape index (κ2) is 7.20. The first kappa shape index (κ1) is 18.4. The third-order valence-electron chi connectivity index (χ3n) is 4.91. The van der Waals surface area contributed by atoms with Crippen LogP contribution in [0, 0.1) is 0 Å². The number of amides is 1. The number of anilines is 1. The van der Waals surface area contributed by atoms with E-state index in [1.54, 1.807) is 0 Å². The largest absolute Gasteiger partial charge is 0.504 e. The van der Waals surface area contributed by atoms with Gasteiger partial charge in [-0.3, -0.25) is 5.32 Å². The van der Waals surface area contributed by atoms with Crippen molar-refractivity contribution >= 4 is 17.7 Å². The van der Waals surface area contributed by atoms with Gasteiger partial charge in [0, 0.05) is 17.7 Å². The van der Waals surface area contributed by atoms with Crippen LogP contribution in [0.25, 0.3) is 11.1 Å². The number of phenols is 2. The monoisotopic (exact) mass is 391 g/mol. The first-order valence-corrected chi connectivity index (χ1v) is 8.87. The molecule has 0 fully saturated rings. The Balaban J connectivity index is 1.51. The Labute approximate surface area is 165 Å². The van der Waals surface area contributed by atoms with Crippen molar-refractivity contribution in [3.05, 3.63) is 77.4 Å². The predicted molar refractivity (Wildman–Crippen MR) is 105 cm³/mol. The summed E-state index contributed by atoms with van der Waals surface area (Å²) in [4.78, 5) is 23.4. The number of carbonyl (C=O) groups is 2. The van der Waals surface area contributed by atoms with Gasteiger partial charge in [0.25, 0.3) is 0 Å². The number of carboxylic acid groups (broad SMARTS) is 1. The molecule has 1 amide bonds.